The number of ether oxygens (including phenoxy) is 2. The second-order valence-corrected chi connectivity index (χ2v) is 4.04. The molecule has 2 N–H and O–H groups in total. The molecule has 0 spiro atoms. The number of morpholine rings is 1. The van der Waals surface area contributed by atoms with Crippen LogP contribution < -0.4 is 15.4 Å². The fraction of sp³-hybridized carbons (Fsp3) is 0.636. The first-order valence-electron chi connectivity index (χ1n) is 5.87. The van der Waals surface area contributed by atoms with Gasteiger partial charge in [-0.05, 0) is 13.0 Å². The number of halogens is 1. The van der Waals surface area contributed by atoms with Crippen LogP contribution >= 0.6 is 0 Å². The molecule has 100 valence electrons. The maximum absolute atomic E-state index is 13.2. The summed E-state index contributed by atoms with van der Waals surface area (Å²) in [7, 11) is 1.38. The molecule has 1 aromatic heterocycles. The van der Waals surface area contributed by atoms with E-state index >= 15 is 0 Å². The maximum atomic E-state index is 13.2. The first-order chi connectivity index (χ1) is 8.74. The van der Waals surface area contributed by atoms with Gasteiger partial charge in [0.15, 0.2) is 0 Å². The third-order valence-electron chi connectivity index (χ3n) is 2.80. The second-order valence-electron chi connectivity index (χ2n) is 4.04. The first-order valence-corrected chi connectivity index (χ1v) is 5.87. The van der Waals surface area contributed by atoms with Gasteiger partial charge in [0.25, 0.3) is 5.88 Å². The first kappa shape index (κ1) is 13.0. The zero-order valence-corrected chi connectivity index (χ0v) is 10.3. The van der Waals surface area contributed by atoms with Crippen molar-refractivity contribution in [2.24, 2.45) is 5.73 Å². The molecule has 0 saturated carbocycles. The van der Waals surface area contributed by atoms with Crippen molar-refractivity contribution in [1.29, 1.82) is 0 Å². The zero-order chi connectivity index (χ0) is 13.0. The summed E-state index contributed by atoms with van der Waals surface area (Å²) in [4.78, 5) is 9.97. The van der Waals surface area contributed by atoms with Gasteiger partial charge in [-0.2, -0.15) is 9.37 Å². The highest BCUT2D eigenvalue weighted by atomic mass is 19.1. The Hall–Kier alpha value is -1.47. The van der Waals surface area contributed by atoms with Gasteiger partial charge in [0, 0.05) is 13.1 Å². The standard InChI is InChI=1S/C11H17FN4O2/c1-17-10-9(12)6-14-11(15-10)16-4-5-18-8(7-16)2-3-13/h6,8H,2-5,7,13H2,1H3/t8-/m1/s1. The van der Waals surface area contributed by atoms with Crippen molar-refractivity contribution >= 4 is 5.95 Å². The second kappa shape index (κ2) is 5.92. The molecule has 1 aliphatic heterocycles. The molecule has 0 bridgehead atoms. The van der Waals surface area contributed by atoms with Crippen molar-refractivity contribution < 1.29 is 13.9 Å². The van der Waals surface area contributed by atoms with Crippen LogP contribution in [0.5, 0.6) is 5.88 Å². The summed E-state index contributed by atoms with van der Waals surface area (Å²) < 4.78 is 23.6. The Kier molecular flexibility index (Phi) is 4.27. The van der Waals surface area contributed by atoms with E-state index < -0.39 is 5.82 Å². The molecule has 0 amide bonds. The van der Waals surface area contributed by atoms with Crippen LogP contribution in [0.3, 0.4) is 0 Å². The largest absolute Gasteiger partial charge is 0.479 e. The molecule has 1 fully saturated rings. The molecule has 1 saturated heterocycles. The summed E-state index contributed by atoms with van der Waals surface area (Å²) in [6.07, 6.45) is 1.98. The third-order valence-corrected chi connectivity index (χ3v) is 2.80. The monoisotopic (exact) mass is 256 g/mol. The minimum Gasteiger partial charge on any atom is -0.479 e. The van der Waals surface area contributed by atoms with Gasteiger partial charge in [0.1, 0.15) is 0 Å². The van der Waals surface area contributed by atoms with Gasteiger partial charge in [-0.15, -0.1) is 0 Å². The van der Waals surface area contributed by atoms with E-state index in [1.807, 2.05) is 4.90 Å². The molecular formula is C11H17FN4O2. The fourth-order valence-corrected chi connectivity index (χ4v) is 1.90. The van der Waals surface area contributed by atoms with Crippen molar-refractivity contribution in [1.82, 2.24) is 9.97 Å². The van der Waals surface area contributed by atoms with E-state index in [-0.39, 0.29) is 12.0 Å². The van der Waals surface area contributed by atoms with E-state index in [4.69, 9.17) is 15.2 Å². The number of nitrogens with zero attached hydrogens (tertiary/aromatic N) is 3. The summed E-state index contributed by atoms with van der Waals surface area (Å²) in [6, 6.07) is 0. The highest BCUT2D eigenvalue weighted by molar-refractivity contribution is 5.33. The van der Waals surface area contributed by atoms with Crippen molar-refractivity contribution in [3.63, 3.8) is 0 Å². The van der Waals surface area contributed by atoms with Crippen LogP contribution in [0.25, 0.3) is 0 Å². The molecule has 0 aliphatic carbocycles. The van der Waals surface area contributed by atoms with Gasteiger partial charge in [-0.25, -0.2) is 4.98 Å². The van der Waals surface area contributed by atoms with Gasteiger partial charge in [0.2, 0.25) is 11.8 Å². The van der Waals surface area contributed by atoms with Crippen molar-refractivity contribution in [2.45, 2.75) is 12.5 Å². The van der Waals surface area contributed by atoms with Gasteiger partial charge in [-0.3, -0.25) is 0 Å². The maximum Gasteiger partial charge on any atom is 0.255 e. The summed E-state index contributed by atoms with van der Waals surface area (Å²) in [5.74, 6) is -0.145. The minimum atomic E-state index is -0.562. The molecule has 1 atom stereocenters. The summed E-state index contributed by atoms with van der Waals surface area (Å²) in [6.45, 7) is 2.50. The molecule has 18 heavy (non-hydrogen) atoms. The summed E-state index contributed by atoms with van der Waals surface area (Å²) in [5.41, 5.74) is 5.51. The summed E-state index contributed by atoms with van der Waals surface area (Å²) >= 11 is 0. The number of hydrogen-bond acceptors (Lipinski definition) is 6. The van der Waals surface area contributed by atoms with Crippen LogP contribution in [0.2, 0.25) is 0 Å². The molecule has 2 rings (SSSR count). The smallest absolute Gasteiger partial charge is 0.255 e. The van der Waals surface area contributed by atoms with Crippen LogP contribution in [-0.4, -0.2) is 49.4 Å². The highest BCUT2D eigenvalue weighted by Crippen LogP contribution is 2.19. The fourth-order valence-electron chi connectivity index (χ4n) is 1.90. The van der Waals surface area contributed by atoms with Crippen LogP contribution in [0, 0.1) is 5.82 Å². The molecular weight excluding hydrogens is 239 g/mol. The average molecular weight is 256 g/mol. The molecule has 7 heteroatoms. The van der Waals surface area contributed by atoms with Gasteiger partial charge < -0.3 is 20.1 Å². The number of aromatic nitrogens is 2. The lowest BCUT2D eigenvalue weighted by atomic mass is 10.2. The van der Waals surface area contributed by atoms with E-state index in [0.29, 0.717) is 32.2 Å². The quantitative estimate of drug-likeness (QED) is 0.828. The van der Waals surface area contributed by atoms with Crippen molar-refractivity contribution in [3.05, 3.63) is 12.0 Å². The van der Waals surface area contributed by atoms with Crippen molar-refractivity contribution in [3.8, 4) is 5.88 Å². The molecule has 0 unspecified atom stereocenters. The third kappa shape index (κ3) is 2.85. The van der Waals surface area contributed by atoms with Crippen LogP contribution in [0.15, 0.2) is 6.20 Å². The highest BCUT2D eigenvalue weighted by Gasteiger charge is 2.22. The Bertz CT molecular complexity index is 403. The van der Waals surface area contributed by atoms with Crippen LogP contribution in [-0.2, 0) is 4.74 Å². The Morgan fingerprint density at radius 2 is 2.50 bits per heavy atom. The number of methoxy groups -OCH3 is 1. The lowest BCUT2D eigenvalue weighted by molar-refractivity contribution is 0.0363. The van der Waals surface area contributed by atoms with Crippen LogP contribution in [0.1, 0.15) is 6.42 Å². The van der Waals surface area contributed by atoms with E-state index in [2.05, 4.69) is 9.97 Å². The Labute approximate surface area is 105 Å². The molecule has 0 radical (unpaired) electrons. The Balaban J connectivity index is 2.10. The summed E-state index contributed by atoms with van der Waals surface area (Å²) in [5, 5.41) is 0. The van der Waals surface area contributed by atoms with Crippen molar-refractivity contribution in [2.75, 3.05) is 38.3 Å². The predicted molar refractivity (Wildman–Crippen MR) is 64.2 cm³/mol. The number of rotatable bonds is 4. The molecule has 1 aromatic rings. The Morgan fingerprint density at radius 3 is 3.22 bits per heavy atom. The zero-order valence-electron chi connectivity index (χ0n) is 10.3. The topological polar surface area (TPSA) is 73.5 Å². The normalized spacial score (nSPS) is 19.9. The van der Waals surface area contributed by atoms with Gasteiger partial charge in [-0.1, -0.05) is 0 Å². The lowest BCUT2D eigenvalue weighted by Crippen LogP contribution is -2.44. The van der Waals surface area contributed by atoms with E-state index in [0.717, 1.165) is 12.6 Å². The molecule has 2 heterocycles. The molecule has 6 nitrogen and oxygen atoms in total. The van der Waals surface area contributed by atoms with Gasteiger partial charge >= 0.3 is 0 Å². The van der Waals surface area contributed by atoms with E-state index in [9.17, 15) is 4.39 Å². The molecule has 1 aliphatic rings. The molecule has 0 aromatic carbocycles. The number of hydrogen-bond donors (Lipinski definition) is 1. The average Bonchev–Trinajstić information content (AvgIpc) is 2.40. The minimum absolute atomic E-state index is 0.0399. The predicted octanol–water partition coefficient (Wildman–Crippen LogP) is 0.178. The number of nitrogens with two attached hydrogens (primary N) is 1. The van der Waals surface area contributed by atoms with E-state index in [1.54, 1.807) is 0 Å². The lowest BCUT2D eigenvalue weighted by Gasteiger charge is -2.32. The van der Waals surface area contributed by atoms with Gasteiger partial charge in [0.05, 0.1) is 26.0 Å². The van der Waals surface area contributed by atoms with Crippen LogP contribution in [0.4, 0.5) is 10.3 Å². The Morgan fingerprint density at radius 1 is 1.67 bits per heavy atom. The van der Waals surface area contributed by atoms with E-state index in [1.165, 1.54) is 7.11 Å². The number of anilines is 1. The SMILES string of the molecule is COc1nc(N2CCO[C@H](CCN)C2)ncc1F.